The molecule has 140 valence electrons. The van der Waals surface area contributed by atoms with E-state index in [0.717, 1.165) is 32.3 Å². The van der Waals surface area contributed by atoms with E-state index in [1.807, 2.05) is 0 Å². The molecule has 0 spiro atoms. The topological polar surface area (TPSA) is 88.4 Å². The van der Waals surface area contributed by atoms with Gasteiger partial charge in [0.1, 0.15) is 6.79 Å². The van der Waals surface area contributed by atoms with Crippen LogP contribution in [-0.2, 0) is 14.4 Å². The van der Waals surface area contributed by atoms with Crippen molar-refractivity contribution in [2.24, 2.45) is 0 Å². The number of aliphatic hydroxyl groups is 2. The van der Waals surface area contributed by atoms with Crippen LogP contribution in [0.4, 0.5) is 0 Å². The Labute approximate surface area is 140 Å². The van der Waals surface area contributed by atoms with E-state index in [4.69, 9.17) is 24.9 Å². The van der Waals surface area contributed by atoms with Gasteiger partial charge in [-0.1, -0.05) is 51.4 Å². The minimum atomic E-state index is -0.212. The number of aliphatic hydroxyl groups excluding tert-OH is 2. The van der Waals surface area contributed by atoms with E-state index in [2.05, 4.69) is 4.89 Å². The SMILES string of the molecule is OCCOCOCCCCCCCCCCCC(CCO)OO. The van der Waals surface area contributed by atoms with Gasteiger partial charge in [-0.3, -0.25) is 5.26 Å². The molecule has 0 saturated carbocycles. The third kappa shape index (κ3) is 17.9. The number of hydrogen-bond donors (Lipinski definition) is 3. The zero-order valence-corrected chi connectivity index (χ0v) is 14.5. The molecule has 0 aromatic heterocycles. The van der Waals surface area contributed by atoms with E-state index in [0.29, 0.717) is 13.0 Å². The summed E-state index contributed by atoms with van der Waals surface area (Å²) in [5.74, 6) is 0. The lowest BCUT2D eigenvalue weighted by atomic mass is 10.0. The van der Waals surface area contributed by atoms with Crippen molar-refractivity contribution in [3.05, 3.63) is 0 Å². The molecule has 0 bridgehead atoms. The number of unbranched alkanes of at least 4 members (excludes halogenated alkanes) is 8. The van der Waals surface area contributed by atoms with Crippen molar-refractivity contribution in [3.63, 3.8) is 0 Å². The van der Waals surface area contributed by atoms with Crippen molar-refractivity contribution < 1.29 is 29.8 Å². The van der Waals surface area contributed by atoms with Crippen LogP contribution in [0, 0.1) is 0 Å². The summed E-state index contributed by atoms with van der Waals surface area (Å²) in [5.41, 5.74) is 0. The summed E-state index contributed by atoms with van der Waals surface area (Å²) in [6.45, 7) is 1.46. The Kier molecular flexibility index (Phi) is 19.6. The Morgan fingerprint density at radius 1 is 0.609 bits per heavy atom. The Balaban J connectivity index is 3.07. The van der Waals surface area contributed by atoms with Crippen LogP contribution in [0.15, 0.2) is 0 Å². The second-order valence-electron chi connectivity index (χ2n) is 5.87. The number of hydrogen-bond acceptors (Lipinski definition) is 6. The van der Waals surface area contributed by atoms with E-state index < -0.39 is 0 Å². The van der Waals surface area contributed by atoms with E-state index >= 15 is 0 Å². The van der Waals surface area contributed by atoms with Gasteiger partial charge in [0, 0.05) is 13.2 Å². The first kappa shape index (κ1) is 22.8. The third-order valence-corrected chi connectivity index (χ3v) is 3.82. The third-order valence-electron chi connectivity index (χ3n) is 3.82. The van der Waals surface area contributed by atoms with Gasteiger partial charge in [-0.15, -0.1) is 0 Å². The largest absolute Gasteiger partial charge is 0.396 e. The molecule has 1 unspecified atom stereocenters. The van der Waals surface area contributed by atoms with Crippen molar-refractivity contribution in [1.82, 2.24) is 0 Å². The Morgan fingerprint density at radius 2 is 1.17 bits per heavy atom. The lowest BCUT2D eigenvalue weighted by molar-refractivity contribution is -0.282. The highest BCUT2D eigenvalue weighted by molar-refractivity contribution is 4.56. The predicted octanol–water partition coefficient (Wildman–Crippen LogP) is 3.11. The second kappa shape index (κ2) is 19.8. The zero-order chi connectivity index (χ0) is 17.0. The summed E-state index contributed by atoms with van der Waals surface area (Å²) in [6.07, 6.45) is 11.9. The summed E-state index contributed by atoms with van der Waals surface area (Å²) in [4.78, 5) is 4.32. The minimum Gasteiger partial charge on any atom is -0.396 e. The summed E-state index contributed by atoms with van der Waals surface area (Å²) < 4.78 is 10.3. The van der Waals surface area contributed by atoms with Gasteiger partial charge in [0.2, 0.25) is 0 Å². The highest BCUT2D eigenvalue weighted by atomic mass is 17.1. The van der Waals surface area contributed by atoms with Crippen LogP contribution < -0.4 is 0 Å². The van der Waals surface area contributed by atoms with Gasteiger partial charge in [-0.05, 0) is 19.3 Å². The van der Waals surface area contributed by atoms with E-state index in [1.165, 1.54) is 38.5 Å². The van der Waals surface area contributed by atoms with E-state index in [9.17, 15) is 0 Å². The average molecular weight is 336 g/mol. The van der Waals surface area contributed by atoms with Gasteiger partial charge in [-0.25, -0.2) is 4.89 Å². The van der Waals surface area contributed by atoms with Crippen molar-refractivity contribution in [1.29, 1.82) is 0 Å². The quantitative estimate of drug-likeness (QED) is 0.145. The van der Waals surface area contributed by atoms with Crippen LogP contribution in [0.2, 0.25) is 0 Å². The fourth-order valence-electron chi connectivity index (χ4n) is 2.45. The maximum absolute atomic E-state index is 8.78. The first-order valence-corrected chi connectivity index (χ1v) is 9.02. The molecule has 0 aromatic rings. The molecule has 0 fully saturated rings. The van der Waals surface area contributed by atoms with E-state index in [1.54, 1.807) is 0 Å². The number of ether oxygens (including phenoxy) is 2. The minimum absolute atomic E-state index is 0.0435. The van der Waals surface area contributed by atoms with Crippen molar-refractivity contribution in [2.75, 3.05) is 33.2 Å². The molecule has 0 saturated heterocycles. The Hall–Kier alpha value is -0.240. The van der Waals surface area contributed by atoms with Crippen LogP contribution in [0.1, 0.15) is 70.6 Å². The first-order chi connectivity index (χ1) is 11.3. The standard InChI is InChI=1S/C17H36O6/c18-12-11-17(23-20)10-8-6-4-2-1-3-5-7-9-14-21-16-22-15-13-19/h17-20H,1-16H2. The van der Waals surface area contributed by atoms with Gasteiger partial charge in [0.05, 0.1) is 19.3 Å². The summed E-state index contributed by atoms with van der Waals surface area (Å²) in [7, 11) is 0. The summed E-state index contributed by atoms with van der Waals surface area (Å²) in [5, 5.41) is 25.9. The van der Waals surface area contributed by atoms with Gasteiger partial charge in [-0.2, -0.15) is 0 Å². The average Bonchev–Trinajstić information content (AvgIpc) is 2.57. The highest BCUT2D eigenvalue weighted by Gasteiger charge is 2.07. The fraction of sp³-hybridized carbons (Fsp3) is 1.00. The molecule has 0 aromatic carbocycles. The summed E-state index contributed by atoms with van der Waals surface area (Å²) in [6, 6.07) is 0. The fourth-order valence-corrected chi connectivity index (χ4v) is 2.45. The predicted molar refractivity (Wildman–Crippen MR) is 89.2 cm³/mol. The Bertz CT molecular complexity index is 215. The van der Waals surface area contributed by atoms with Crippen molar-refractivity contribution >= 4 is 0 Å². The molecule has 0 radical (unpaired) electrons. The molecule has 0 amide bonds. The lowest BCUT2D eigenvalue weighted by Gasteiger charge is -2.11. The van der Waals surface area contributed by atoms with Crippen molar-refractivity contribution in [3.8, 4) is 0 Å². The van der Waals surface area contributed by atoms with Gasteiger partial charge in [0.25, 0.3) is 0 Å². The lowest BCUT2D eigenvalue weighted by Crippen LogP contribution is -2.12. The van der Waals surface area contributed by atoms with Crippen molar-refractivity contribution in [2.45, 2.75) is 76.7 Å². The molecule has 23 heavy (non-hydrogen) atoms. The van der Waals surface area contributed by atoms with Crippen LogP contribution in [0.5, 0.6) is 0 Å². The maximum atomic E-state index is 8.78. The molecule has 0 heterocycles. The van der Waals surface area contributed by atoms with Crippen LogP contribution in [0.25, 0.3) is 0 Å². The molecule has 0 aliphatic rings. The second-order valence-corrected chi connectivity index (χ2v) is 5.87. The van der Waals surface area contributed by atoms with Crippen LogP contribution in [-0.4, -0.2) is 54.8 Å². The van der Waals surface area contributed by atoms with Gasteiger partial charge >= 0.3 is 0 Å². The molecular formula is C17H36O6. The summed E-state index contributed by atoms with van der Waals surface area (Å²) >= 11 is 0. The first-order valence-electron chi connectivity index (χ1n) is 9.02. The van der Waals surface area contributed by atoms with E-state index in [-0.39, 0.29) is 26.1 Å². The molecule has 0 rings (SSSR count). The number of rotatable bonds is 19. The Morgan fingerprint density at radius 3 is 1.74 bits per heavy atom. The maximum Gasteiger partial charge on any atom is 0.146 e. The molecule has 0 aliphatic heterocycles. The van der Waals surface area contributed by atoms with Crippen LogP contribution >= 0.6 is 0 Å². The molecule has 6 heteroatoms. The van der Waals surface area contributed by atoms with Gasteiger partial charge < -0.3 is 19.7 Å². The smallest absolute Gasteiger partial charge is 0.146 e. The highest BCUT2D eigenvalue weighted by Crippen LogP contribution is 2.13. The molecule has 1 atom stereocenters. The molecule has 0 aliphatic carbocycles. The molecular weight excluding hydrogens is 300 g/mol. The molecule has 6 nitrogen and oxygen atoms in total. The van der Waals surface area contributed by atoms with Crippen LogP contribution in [0.3, 0.4) is 0 Å². The monoisotopic (exact) mass is 336 g/mol. The zero-order valence-electron chi connectivity index (χ0n) is 14.5. The normalized spacial score (nSPS) is 12.7. The van der Waals surface area contributed by atoms with Gasteiger partial charge in [0.15, 0.2) is 0 Å². The molecule has 3 N–H and O–H groups in total.